The number of hydrogen-bond acceptors (Lipinski definition) is 3. The van der Waals surface area contributed by atoms with Gasteiger partial charge in [0, 0.05) is 25.4 Å². The van der Waals surface area contributed by atoms with Crippen LogP contribution >= 0.6 is 0 Å². The van der Waals surface area contributed by atoms with Crippen LogP contribution in [0.5, 0.6) is 0 Å². The molecule has 1 aliphatic carbocycles. The van der Waals surface area contributed by atoms with Crippen LogP contribution in [0.15, 0.2) is 0 Å². The van der Waals surface area contributed by atoms with Gasteiger partial charge < -0.3 is 15.3 Å². The van der Waals surface area contributed by atoms with Crippen LogP contribution in [-0.4, -0.2) is 53.5 Å². The number of piperidine rings is 1. The second-order valence-corrected chi connectivity index (χ2v) is 6.34. The highest BCUT2D eigenvalue weighted by Gasteiger charge is 2.56. The lowest BCUT2D eigenvalue weighted by Gasteiger charge is -2.45. The number of aliphatic hydroxyl groups excluding tert-OH is 1. The normalized spacial score (nSPS) is 39.5. The average Bonchev–Trinajstić information content (AvgIpc) is 2.63. The minimum Gasteiger partial charge on any atom is -0.393 e. The molecule has 112 valence electrons. The fraction of sp³-hybridized carbons (Fsp3) is 0.846. The fourth-order valence-electron chi connectivity index (χ4n) is 3.55. The summed E-state index contributed by atoms with van der Waals surface area (Å²) in [6, 6.07) is 0. The molecule has 0 aromatic carbocycles. The monoisotopic (exact) mass is 288 g/mol. The first-order chi connectivity index (χ1) is 9.31. The summed E-state index contributed by atoms with van der Waals surface area (Å²) in [7, 11) is 0. The number of nitrogens with one attached hydrogen (secondary N) is 1. The third-order valence-corrected chi connectivity index (χ3v) is 4.66. The second-order valence-electron chi connectivity index (χ2n) is 6.34. The molecular formula is C13H18F2N2O3. The maximum Gasteiger partial charge on any atom is 0.266 e. The molecule has 3 fully saturated rings. The molecule has 0 aromatic rings. The van der Waals surface area contributed by atoms with Gasteiger partial charge in [0.05, 0.1) is 18.1 Å². The number of carbonyl (C=O) groups excluding carboxylic acids is 2. The molecule has 0 aromatic heterocycles. The van der Waals surface area contributed by atoms with Crippen molar-refractivity contribution in [2.24, 2.45) is 11.3 Å². The number of hydrogen-bond donors (Lipinski definition) is 2. The van der Waals surface area contributed by atoms with Crippen molar-refractivity contribution >= 4 is 11.8 Å². The Kier molecular flexibility index (Phi) is 3.00. The number of rotatable bonds is 1. The van der Waals surface area contributed by atoms with Gasteiger partial charge in [0.15, 0.2) is 0 Å². The first-order valence-corrected chi connectivity index (χ1v) is 6.94. The third kappa shape index (κ3) is 2.17. The second kappa shape index (κ2) is 4.38. The average molecular weight is 288 g/mol. The Morgan fingerprint density at radius 3 is 2.60 bits per heavy atom. The van der Waals surface area contributed by atoms with E-state index in [4.69, 9.17) is 0 Å². The van der Waals surface area contributed by atoms with Crippen LogP contribution in [0.4, 0.5) is 8.78 Å². The van der Waals surface area contributed by atoms with Gasteiger partial charge in [-0.15, -0.1) is 0 Å². The van der Waals surface area contributed by atoms with Gasteiger partial charge in [-0.1, -0.05) is 0 Å². The van der Waals surface area contributed by atoms with Crippen molar-refractivity contribution in [3.8, 4) is 0 Å². The van der Waals surface area contributed by atoms with Crippen molar-refractivity contribution in [2.45, 2.75) is 37.7 Å². The van der Waals surface area contributed by atoms with Crippen molar-refractivity contribution in [3.63, 3.8) is 0 Å². The van der Waals surface area contributed by atoms with Crippen LogP contribution in [0.3, 0.4) is 0 Å². The SMILES string of the molecule is O=C(C1CC(O)C1)N1CC(F)(F)CC2(CCNC2=O)C1. The summed E-state index contributed by atoms with van der Waals surface area (Å²) in [5.74, 6) is -4.13. The van der Waals surface area contributed by atoms with Crippen LogP contribution in [0.2, 0.25) is 0 Å². The molecule has 5 nitrogen and oxygen atoms in total. The zero-order valence-corrected chi connectivity index (χ0v) is 11.1. The molecule has 1 saturated carbocycles. The highest BCUT2D eigenvalue weighted by molar-refractivity contribution is 5.87. The lowest BCUT2D eigenvalue weighted by atomic mass is 9.75. The summed E-state index contributed by atoms with van der Waals surface area (Å²) in [4.78, 5) is 25.2. The number of carbonyl (C=O) groups is 2. The number of amides is 2. The first-order valence-electron chi connectivity index (χ1n) is 6.94. The van der Waals surface area contributed by atoms with E-state index in [1.54, 1.807) is 0 Å². The Hall–Kier alpha value is -1.24. The molecule has 3 aliphatic rings. The Balaban J connectivity index is 1.78. The topological polar surface area (TPSA) is 69.6 Å². The lowest BCUT2D eigenvalue weighted by molar-refractivity contribution is -0.166. The molecule has 2 amide bonds. The Morgan fingerprint density at radius 2 is 2.05 bits per heavy atom. The van der Waals surface area contributed by atoms with Gasteiger partial charge in [0.2, 0.25) is 11.8 Å². The molecule has 0 bridgehead atoms. The Morgan fingerprint density at radius 1 is 1.35 bits per heavy atom. The van der Waals surface area contributed by atoms with E-state index in [9.17, 15) is 23.5 Å². The minimum absolute atomic E-state index is 0.0693. The summed E-state index contributed by atoms with van der Waals surface area (Å²) in [5.41, 5.74) is -1.14. The summed E-state index contributed by atoms with van der Waals surface area (Å²) in [6.07, 6.45) is 0.0275. The summed E-state index contributed by atoms with van der Waals surface area (Å²) >= 11 is 0. The molecule has 3 rings (SSSR count). The first kappa shape index (κ1) is 13.7. The molecule has 2 heterocycles. The van der Waals surface area contributed by atoms with Crippen molar-refractivity contribution < 1.29 is 23.5 Å². The Bertz CT molecular complexity index is 451. The van der Waals surface area contributed by atoms with Crippen molar-refractivity contribution in [1.82, 2.24) is 10.2 Å². The van der Waals surface area contributed by atoms with Crippen LogP contribution < -0.4 is 5.32 Å². The van der Waals surface area contributed by atoms with Crippen LogP contribution in [0.1, 0.15) is 25.7 Å². The highest BCUT2D eigenvalue weighted by atomic mass is 19.3. The quantitative estimate of drug-likeness (QED) is 0.720. The minimum atomic E-state index is -3.03. The molecule has 2 aliphatic heterocycles. The molecule has 1 atom stereocenters. The molecule has 2 N–H and O–H groups in total. The number of alkyl halides is 2. The molecular weight excluding hydrogens is 270 g/mol. The van der Waals surface area contributed by atoms with Crippen molar-refractivity contribution in [1.29, 1.82) is 0 Å². The van der Waals surface area contributed by atoms with Crippen molar-refractivity contribution in [2.75, 3.05) is 19.6 Å². The zero-order chi connectivity index (χ0) is 14.5. The molecule has 20 heavy (non-hydrogen) atoms. The van der Waals surface area contributed by atoms with Gasteiger partial charge in [-0.25, -0.2) is 8.78 Å². The number of halogens is 2. The van der Waals surface area contributed by atoms with E-state index < -0.39 is 30.4 Å². The smallest absolute Gasteiger partial charge is 0.266 e. The van der Waals surface area contributed by atoms with Crippen LogP contribution in [-0.2, 0) is 9.59 Å². The lowest BCUT2D eigenvalue weighted by Crippen LogP contribution is -2.59. The number of aliphatic hydroxyl groups is 1. The highest BCUT2D eigenvalue weighted by Crippen LogP contribution is 2.44. The van der Waals surface area contributed by atoms with Gasteiger partial charge in [-0.2, -0.15) is 0 Å². The molecule has 2 saturated heterocycles. The van der Waals surface area contributed by atoms with E-state index in [-0.39, 0.29) is 24.3 Å². The van der Waals surface area contributed by atoms with Crippen LogP contribution in [0.25, 0.3) is 0 Å². The summed E-state index contributed by atoms with van der Waals surface area (Å²) in [6.45, 7) is -0.160. The third-order valence-electron chi connectivity index (χ3n) is 4.66. The predicted molar refractivity (Wildman–Crippen MR) is 64.9 cm³/mol. The molecule has 1 spiro atoms. The van der Waals surface area contributed by atoms with E-state index in [2.05, 4.69) is 5.32 Å². The van der Waals surface area contributed by atoms with Gasteiger partial charge in [0.1, 0.15) is 0 Å². The van der Waals surface area contributed by atoms with E-state index >= 15 is 0 Å². The molecule has 1 unspecified atom stereocenters. The maximum atomic E-state index is 13.9. The standard InChI is InChI=1S/C13H18F2N2O3/c14-13(15)5-12(1-2-16-11(12)20)6-17(7-13)10(19)8-3-9(18)4-8/h8-9,18H,1-7H2,(H,16,20). The largest absolute Gasteiger partial charge is 0.393 e. The van der Waals surface area contributed by atoms with Gasteiger partial charge in [-0.3, -0.25) is 9.59 Å². The van der Waals surface area contributed by atoms with E-state index in [0.29, 0.717) is 25.8 Å². The molecule has 0 radical (unpaired) electrons. The predicted octanol–water partition coefficient (Wildman–Crippen LogP) is 0.131. The van der Waals surface area contributed by atoms with Crippen molar-refractivity contribution in [3.05, 3.63) is 0 Å². The van der Waals surface area contributed by atoms with Gasteiger partial charge in [-0.05, 0) is 19.3 Å². The van der Waals surface area contributed by atoms with Gasteiger partial charge in [0.25, 0.3) is 5.92 Å². The Labute approximate surface area is 115 Å². The maximum absolute atomic E-state index is 13.9. The molecule has 7 heteroatoms. The number of nitrogens with zero attached hydrogens (tertiary/aromatic N) is 1. The summed E-state index contributed by atoms with van der Waals surface area (Å²) < 4.78 is 27.8. The zero-order valence-electron chi connectivity index (χ0n) is 11.1. The number of likely N-dealkylation sites (tertiary alicyclic amines) is 1. The van der Waals surface area contributed by atoms with E-state index in [1.807, 2.05) is 0 Å². The van der Waals surface area contributed by atoms with Gasteiger partial charge >= 0.3 is 0 Å². The summed E-state index contributed by atoms with van der Waals surface area (Å²) in [5, 5.41) is 11.8. The van der Waals surface area contributed by atoms with E-state index in [0.717, 1.165) is 4.90 Å². The van der Waals surface area contributed by atoms with Crippen LogP contribution in [0, 0.1) is 11.3 Å². The fourth-order valence-corrected chi connectivity index (χ4v) is 3.55. The van der Waals surface area contributed by atoms with E-state index in [1.165, 1.54) is 0 Å².